The lowest BCUT2D eigenvalue weighted by molar-refractivity contribution is 0.277. The molecule has 5 aromatic rings. The Hall–Kier alpha value is -4.17. The Balaban J connectivity index is 1.51. The Kier molecular flexibility index (Phi) is 5.27. The summed E-state index contributed by atoms with van der Waals surface area (Å²) in [6, 6.07) is 18.0. The van der Waals surface area contributed by atoms with Gasteiger partial charge >= 0.3 is 0 Å². The molecule has 2 N–H and O–H groups in total. The molecule has 7 nitrogen and oxygen atoms in total. The van der Waals surface area contributed by atoms with Crippen LogP contribution in [-0.4, -0.2) is 31.3 Å². The summed E-state index contributed by atoms with van der Waals surface area (Å²) in [7, 11) is 3.56. The van der Waals surface area contributed by atoms with Crippen LogP contribution in [0.1, 0.15) is 5.69 Å². The minimum absolute atomic E-state index is 0.122. The van der Waals surface area contributed by atoms with E-state index in [9.17, 15) is 9.50 Å². The Labute approximate surface area is 189 Å². The molecule has 166 valence electrons. The number of hydrogen-bond donors (Lipinski definition) is 2. The van der Waals surface area contributed by atoms with Gasteiger partial charge in [0.1, 0.15) is 22.9 Å². The molecule has 5 rings (SSSR count). The molecule has 3 aromatic carbocycles. The maximum absolute atomic E-state index is 13.4. The van der Waals surface area contributed by atoms with Gasteiger partial charge < -0.3 is 24.3 Å². The zero-order valence-corrected chi connectivity index (χ0v) is 18.2. The van der Waals surface area contributed by atoms with E-state index >= 15 is 0 Å². The van der Waals surface area contributed by atoms with Gasteiger partial charge in [0.05, 0.1) is 42.6 Å². The predicted octanol–water partition coefficient (Wildman–Crippen LogP) is 4.81. The van der Waals surface area contributed by atoms with Crippen LogP contribution in [0.3, 0.4) is 0 Å². The normalized spacial score (nSPS) is 11.2. The molecule has 33 heavy (non-hydrogen) atoms. The van der Waals surface area contributed by atoms with Crippen molar-refractivity contribution in [1.29, 1.82) is 0 Å². The molecular formula is C25H22FN5O2. The molecule has 2 aromatic heterocycles. The first-order valence-corrected chi connectivity index (χ1v) is 10.4. The fraction of sp³-hybridized carbons (Fsp3) is 0.120. The smallest absolute Gasteiger partial charge is 0.144 e. The molecule has 0 radical (unpaired) electrons. The number of aliphatic hydroxyl groups excluding tert-OH is 1. The van der Waals surface area contributed by atoms with E-state index in [1.165, 1.54) is 12.1 Å². The van der Waals surface area contributed by atoms with Gasteiger partial charge in [-0.05, 0) is 48.5 Å². The van der Waals surface area contributed by atoms with Gasteiger partial charge in [-0.1, -0.05) is 6.07 Å². The number of benzene rings is 3. The van der Waals surface area contributed by atoms with Crippen molar-refractivity contribution >= 4 is 22.4 Å². The highest BCUT2D eigenvalue weighted by Crippen LogP contribution is 2.33. The van der Waals surface area contributed by atoms with Gasteiger partial charge in [-0.3, -0.25) is 0 Å². The van der Waals surface area contributed by atoms with Crippen LogP contribution in [0, 0.1) is 5.82 Å². The third kappa shape index (κ3) is 3.81. The van der Waals surface area contributed by atoms with E-state index in [0.29, 0.717) is 11.4 Å². The van der Waals surface area contributed by atoms with E-state index in [1.807, 2.05) is 52.6 Å². The van der Waals surface area contributed by atoms with Crippen molar-refractivity contribution in [2.24, 2.45) is 7.05 Å². The van der Waals surface area contributed by atoms with E-state index in [4.69, 9.17) is 9.72 Å². The zero-order chi connectivity index (χ0) is 22.9. The third-order valence-corrected chi connectivity index (χ3v) is 5.55. The molecule has 0 saturated heterocycles. The van der Waals surface area contributed by atoms with Crippen LogP contribution in [0.25, 0.3) is 28.1 Å². The Morgan fingerprint density at radius 2 is 1.91 bits per heavy atom. The zero-order valence-electron chi connectivity index (χ0n) is 18.2. The molecule has 0 fully saturated rings. The molecular weight excluding hydrogens is 421 g/mol. The van der Waals surface area contributed by atoms with Gasteiger partial charge in [0.2, 0.25) is 0 Å². The minimum Gasteiger partial charge on any atom is -0.494 e. The highest BCUT2D eigenvalue weighted by Gasteiger charge is 2.14. The number of hydrogen-bond acceptors (Lipinski definition) is 5. The van der Waals surface area contributed by atoms with Crippen LogP contribution in [0.4, 0.5) is 15.8 Å². The number of aromatic nitrogens is 4. The van der Waals surface area contributed by atoms with Gasteiger partial charge in [-0.15, -0.1) is 0 Å². The number of para-hydroxylation sites is 1. The number of rotatable bonds is 6. The monoisotopic (exact) mass is 443 g/mol. The molecule has 0 amide bonds. The predicted molar refractivity (Wildman–Crippen MR) is 125 cm³/mol. The standard InChI is InChI=1S/C25H22FN5O2/c1-30-22-5-3-4-20(24(22)29-25(30)16-6-8-17(26)9-7-16)28-18-10-11-21(23(12-18)33-2)31-13-19(14-32)27-15-31/h3-13,15,28,32H,14H2,1-2H3. The second kappa shape index (κ2) is 8.40. The Morgan fingerprint density at radius 3 is 2.64 bits per heavy atom. The van der Waals surface area contributed by atoms with Gasteiger partial charge in [-0.25, -0.2) is 14.4 Å². The molecule has 0 aliphatic carbocycles. The van der Waals surface area contributed by atoms with Gasteiger partial charge in [-0.2, -0.15) is 0 Å². The first-order chi connectivity index (χ1) is 16.1. The summed E-state index contributed by atoms with van der Waals surface area (Å²) < 4.78 is 22.8. The number of imidazole rings is 2. The number of fused-ring (bicyclic) bond motifs is 1. The second-order valence-electron chi connectivity index (χ2n) is 7.62. The summed E-state index contributed by atoms with van der Waals surface area (Å²) in [5.41, 5.74) is 5.68. The highest BCUT2D eigenvalue weighted by atomic mass is 19.1. The van der Waals surface area contributed by atoms with Crippen molar-refractivity contribution in [1.82, 2.24) is 19.1 Å². The molecule has 8 heteroatoms. The maximum atomic E-state index is 13.4. The first-order valence-electron chi connectivity index (χ1n) is 10.4. The van der Waals surface area contributed by atoms with E-state index in [0.717, 1.165) is 39.5 Å². The van der Waals surface area contributed by atoms with Crippen LogP contribution < -0.4 is 10.1 Å². The summed E-state index contributed by atoms with van der Waals surface area (Å²) in [6.07, 6.45) is 3.40. The fourth-order valence-electron chi connectivity index (χ4n) is 3.87. The van der Waals surface area contributed by atoms with E-state index < -0.39 is 0 Å². The second-order valence-corrected chi connectivity index (χ2v) is 7.62. The quantitative estimate of drug-likeness (QED) is 0.394. The van der Waals surface area contributed by atoms with Crippen molar-refractivity contribution in [3.63, 3.8) is 0 Å². The SMILES string of the molecule is COc1cc(Nc2cccc3c2nc(-c2ccc(F)cc2)n3C)ccc1-n1cnc(CO)c1. The summed E-state index contributed by atoms with van der Waals surface area (Å²) in [5.74, 6) is 1.13. The lowest BCUT2D eigenvalue weighted by Gasteiger charge is -2.13. The molecule has 0 unspecified atom stereocenters. The van der Waals surface area contributed by atoms with Crippen molar-refractivity contribution in [2.45, 2.75) is 6.61 Å². The molecule has 0 aliphatic heterocycles. The number of methoxy groups -OCH3 is 1. The molecule has 0 atom stereocenters. The topological polar surface area (TPSA) is 77.1 Å². The van der Waals surface area contributed by atoms with Gasteiger partial charge in [0.25, 0.3) is 0 Å². The Morgan fingerprint density at radius 1 is 1.09 bits per heavy atom. The molecule has 0 spiro atoms. The average Bonchev–Trinajstić information content (AvgIpc) is 3.45. The highest BCUT2D eigenvalue weighted by molar-refractivity contribution is 5.93. The van der Waals surface area contributed by atoms with Crippen LogP contribution in [-0.2, 0) is 13.7 Å². The van der Waals surface area contributed by atoms with Gasteiger partial charge in [0, 0.05) is 30.6 Å². The number of ether oxygens (including phenoxy) is 1. The molecule has 2 heterocycles. The number of anilines is 2. The van der Waals surface area contributed by atoms with Crippen molar-refractivity contribution < 1.29 is 14.2 Å². The Bertz CT molecular complexity index is 1440. The first kappa shape index (κ1) is 20.7. The number of nitrogens with one attached hydrogen (secondary N) is 1. The largest absolute Gasteiger partial charge is 0.494 e. The molecule has 0 saturated carbocycles. The van der Waals surface area contributed by atoms with Gasteiger partial charge in [0.15, 0.2) is 0 Å². The van der Waals surface area contributed by atoms with E-state index in [2.05, 4.69) is 10.3 Å². The van der Waals surface area contributed by atoms with Crippen LogP contribution in [0.5, 0.6) is 5.75 Å². The van der Waals surface area contributed by atoms with Crippen LogP contribution in [0.15, 0.2) is 73.2 Å². The maximum Gasteiger partial charge on any atom is 0.144 e. The van der Waals surface area contributed by atoms with Crippen molar-refractivity contribution in [3.8, 4) is 22.8 Å². The third-order valence-electron chi connectivity index (χ3n) is 5.55. The molecule has 0 aliphatic rings. The lowest BCUT2D eigenvalue weighted by atomic mass is 10.2. The summed E-state index contributed by atoms with van der Waals surface area (Å²) in [6.45, 7) is -0.122. The minimum atomic E-state index is -0.277. The summed E-state index contributed by atoms with van der Waals surface area (Å²) in [5, 5.41) is 12.7. The van der Waals surface area contributed by atoms with E-state index in [-0.39, 0.29) is 12.4 Å². The fourth-order valence-corrected chi connectivity index (χ4v) is 3.87. The number of nitrogens with zero attached hydrogens (tertiary/aromatic N) is 4. The van der Waals surface area contributed by atoms with E-state index in [1.54, 1.807) is 31.8 Å². The summed E-state index contributed by atoms with van der Waals surface area (Å²) >= 11 is 0. The number of aryl methyl sites for hydroxylation is 1. The number of halogens is 1. The molecule has 0 bridgehead atoms. The van der Waals surface area contributed by atoms with Crippen molar-refractivity contribution in [3.05, 3.63) is 84.7 Å². The van der Waals surface area contributed by atoms with Crippen molar-refractivity contribution in [2.75, 3.05) is 12.4 Å². The lowest BCUT2D eigenvalue weighted by Crippen LogP contribution is -1.98. The van der Waals surface area contributed by atoms with Crippen LogP contribution in [0.2, 0.25) is 0 Å². The van der Waals surface area contributed by atoms with Crippen LogP contribution >= 0.6 is 0 Å². The number of aliphatic hydroxyl groups is 1. The summed E-state index contributed by atoms with van der Waals surface area (Å²) in [4.78, 5) is 9.00. The average molecular weight is 443 g/mol.